The van der Waals surface area contributed by atoms with Gasteiger partial charge in [-0.3, -0.25) is 0 Å². The van der Waals surface area contributed by atoms with E-state index in [-0.39, 0.29) is 0 Å². The van der Waals surface area contributed by atoms with Crippen LogP contribution in [0.1, 0.15) is 24.9 Å². The summed E-state index contributed by atoms with van der Waals surface area (Å²) in [5.41, 5.74) is 6.21. The first kappa shape index (κ1) is 10.7. The molecular weight excluding hydrogens is 208 g/mol. The van der Waals surface area contributed by atoms with Gasteiger partial charge < -0.3 is 5.73 Å². The lowest BCUT2D eigenvalue weighted by Gasteiger charge is -2.01. The summed E-state index contributed by atoms with van der Waals surface area (Å²) in [5, 5.41) is 19.3. The summed E-state index contributed by atoms with van der Waals surface area (Å²) >= 11 is 0. The van der Waals surface area contributed by atoms with Crippen LogP contribution in [0.2, 0.25) is 0 Å². The Kier molecular flexibility index (Phi) is 3.20. The second-order valence-electron chi connectivity index (χ2n) is 3.43. The molecule has 0 aliphatic carbocycles. The standard InChI is InChI=1S/C8H14N8/c1-2-3-16-8(11-12-14-16)6-15-5-7(4-9)10-13-15/h5H,2-4,6,9H2,1H3. The van der Waals surface area contributed by atoms with Gasteiger partial charge in [-0.2, -0.15) is 0 Å². The Bertz CT molecular complexity index is 444. The molecule has 86 valence electrons. The predicted molar refractivity (Wildman–Crippen MR) is 55.1 cm³/mol. The van der Waals surface area contributed by atoms with E-state index in [1.165, 1.54) is 0 Å². The van der Waals surface area contributed by atoms with E-state index in [0.29, 0.717) is 13.1 Å². The fourth-order valence-electron chi connectivity index (χ4n) is 1.38. The van der Waals surface area contributed by atoms with E-state index in [9.17, 15) is 0 Å². The van der Waals surface area contributed by atoms with E-state index in [1.54, 1.807) is 15.6 Å². The van der Waals surface area contributed by atoms with E-state index < -0.39 is 0 Å². The molecule has 0 unspecified atom stereocenters. The Balaban J connectivity index is 2.10. The third-order valence-corrected chi connectivity index (χ3v) is 2.14. The molecule has 0 bridgehead atoms. The second kappa shape index (κ2) is 4.79. The van der Waals surface area contributed by atoms with Crippen LogP contribution in [0.3, 0.4) is 0 Å². The van der Waals surface area contributed by atoms with Crippen molar-refractivity contribution in [2.24, 2.45) is 5.73 Å². The minimum atomic E-state index is 0.389. The summed E-state index contributed by atoms with van der Waals surface area (Å²) in [6.07, 6.45) is 2.79. The third kappa shape index (κ3) is 2.22. The molecule has 8 nitrogen and oxygen atoms in total. The monoisotopic (exact) mass is 222 g/mol. The fourth-order valence-corrected chi connectivity index (χ4v) is 1.38. The van der Waals surface area contributed by atoms with Crippen molar-refractivity contribution in [3.63, 3.8) is 0 Å². The summed E-state index contributed by atoms with van der Waals surface area (Å²) < 4.78 is 3.45. The van der Waals surface area contributed by atoms with Crippen LogP contribution in [0.4, 0.5) is 0 Å². The van der Waals surface area contributed by atoms with Crippen molar-refractivity contribution >= 4 is 0 Å². The molecule has 0 fully saturated rings. The van der Waals surface area contributed by atoms with Crippen LogP contribution in [0, 0.1) is 0 Å². The van der Waals surface area contributed by atoms with E-state index in [1.807, 2.05) is 0 Å². The molecule has 0 aliphatic heterocycles. The third-order valence-electron chi connectivity index (χ3n) is 2.14. The van der Waals surface area contributed by atoms with Crippen molar-refractivity contribution < 1.29 is 0 Å². The average Bonchev–Trinajstić information content (AvgIpc) is 2.90. The Labute approximate surface area is 92.4 Å². The van der Waals surface area contributed by atoms with Crippen LogP contribution in [-0.4, -0.2) is 35.2 Å². The van der Waals surface area contributed by atoms with Gasteiger partial charge in [0.15, 0.2) is 5.82 Å². The first-order chi connectivity index (χ1) is 7.83. The Morgan fingerprint density at radius 2 is 2.19 bits per heavy atom. The van der Waals surface area contributed by atoms with Gasteiger partial charge in [0.05, 0.1) is 11.9 Å². The molecule has 0 aliphatic rings. The highest BCUT2D eigenvalue weighted by molar-refractivity contribution is 4.92. The summed E-state index contributed by atoms with van der Waals surface area (Å²) in [6, 6.07) is 0. The fraction of sp³-hybridized carbons (Fsp3) is 0.625. The van der Waals surface area contributed by atoms with Gasteiger partial charge in [0.1, 0.15) is 6.54 Å². The average molecular weight is 222 g/mol. The van der Waals surface area contributed by atoms with Crippen molar-refractivity contribution in [3.05, 3.63) is 17.7 Å². The minimum absolute atomic E-state index is 0.389. The van der Waals surface area contributed by atoms with Crippen LogP contribution >= 0.6 is 0 Å². The topological polar surface area (TPSA) is 100 Å². The van der Waals surface area contributed by atoms with Gasteiger partial charge in [-0.1, -0.05) is 12.1 Å². The molecule has 2 rings (SSSR count). The maximum Gasteiger partial charge on any atom is 0.172 e. The molecule has 0 saturated heterocycles. The first-order valence-electron chi connectivity index (χ1n) is 5.17. The van der Waals surface area contributed by atoms with E-state index >= 15 is 0 Å². The maximum atomic E-state index is 5.45. The number of nitrogens with two attached hydrogens (primary N) is 1. The molecule has 2 heterocycles. The molecule has 2 aromatic rings. The van der Waals surface area contributed by atoms with Crippen LogP contribution in [0.5, 0.6) is 0 Å². The van der Waals surface area contributed by atoms with Crippen LogP contribution in [0.25, 0.3) is 0 Å². The normalized spacial score (nSPS) is 10.9. The van der Waals surface area contributed by atoms with Gasteiger partial charge in [-0.15, -0.1) is 10.2 Å². The number of hydrogen-bond donors (Lipinski definition) is 1. The van der Waals surface area contributed by atoms with Crippen LogP contribution < -0.4 is 5.73 Å². The Morgan fingerprint density at radius 1 is 1.31 bits per heavy atom. The van der Waals surface area contributed by atoms with Crippen molar-refractivity contribution in [1.29, 1.82) is 0 Å². The van der Waals surface area contributed by atoms with Crippen molar-refractivity contribution in [2.45, 2.75) is 33.0 Å². The van der Waals surface area contributed by atoms with Crippen LogP contribution in [-0.2, 0) is 19.6 Å². The Morgan fingerprint density at radius 3 is 2.88 bits per heavy atom. The number of hydrogen-bond acceptors (Lipinski definition) is 6. The summed E-state index contributed by atoms with van der Waals surface area (Å²) in [6.45, 7) is 3.79. The summed E-state index contributed by atoms with van der Waals surface area (Å²) in [7, 11) is 0. The Hall–Kier alpha value is -1.83. The summed E-state index contributed by atoms with van der Waals surface area (Å²) in [4.78, 5) is 0. The summed E-state index contributed by atoms with van der Waals surface area (Å²) in [5.74, 6) is 0.773. The highest BCUT2D eigenvalue weighted by Crippen LogP contribution is 1.98. The number of nitrogens with zero attached hydrogens (tertiary/aromatic N) is 7. The van der Waals surface area contributed by atoms with Crippen molar-refractivity contribution in [2.75, 3.05) is 0 Å². The zero-order valence-corrected chi connectivity index (χ0v) is 9.11. The quantitative estimate of drug-likeness (QED) is 0.709. The second-order valence-corrected chi connectivity index (χ2v) is 3.43. The van der Waals surface area contributed by atoms with Crippen molar-refractivity contribution in [3.8, 4) is 0 Å². The number of aryl methyl sites for hydroxylation is 1. The van der Waals surface area contributed by atoms with Gasteiger partial charge in [0.2, 0.25) is 0 Å². The molecule has 2 aromatic heterocycles. The molecule has 0 saturated carbocycles. The van der Waals surface area contributed by atoms with E-state index in [0.717, 1.165) is 24.5 Å². The minimum Gasteiger partial charge on any atom is -0.325 e. The van der Waals surface area contributed by atoms with E-state index in [4.69, 9.17) is 5.73 Å². The van der Waals surface area contributed by atoms with Gasteiger partial charge >= 0.3 is 0 Å². The van der Waals surface area contributed by atoms with Gasteiger partial charge in [-0.25, -0.2) is 9.36 Å². The number of rotatable bonds is 5. The van der Waals surface area contributed by atoms with E-state index in [2.05, 4.69) is 32.8 Å². The zero-order chi connectivity index (χ0) is 11.4. The lowest BCUT2D eigenvalue weighted by molar-refractivity contribution is 0.526. The molecule has 0 radical (unpaired) electrons. The molecular formula is C8H14N8. The van der Waals surface area contributed by atoms with Crippen molar-refractivity contribution in [1.82, 2.24) is 35.2 Å². The van der Waals surface area contributed by atoms with Gasteiger partial charge in [0, 0.05) is 13.1 Å². The predicted octanol–water partition coefficient (Wildman–Crippen LogP) is -0.818. The zero-order valence-electron chi connectivity index (χ0n) is 9.11. The largest absolute Gasteiger partial charge is 0.325 e. The molecule has 0 amide bonds. The molecule has 0 atom stereocenters. The van der Waals surface area contributed by atoms with Gasteiger partial charge in [0.25, 0.3) is 0 Å². The highest BCUT2D eigenvalue weighted by atomic mass is 15.6. The molecule has 8 heteroatoms. The molecule has 0 aromatic carbocycles. The lowest BCUT2D eigenvalue weighted by Crippen LogP contribution is -2.10. The lowest BCUT2D eigenvalue weighted by atomic mass is 10.4. The van der Waals surface area contributed by atoms with Crippen LogP contribution in [0.15, 0.2) is 6.20 Å². The number of aromatic nitrogens is 7. The highest BCUT2D eigenvalue weighted by Gasteiger charge is 2.07. The SMILES string of the molecule is CCCn1nnnc1Cn1cc(CN)nn1. The number of tetrazole rings is 1. The maximum absolute atomic E-state index is 5.45. The first-order valence-corrected chi connectivity index (χ1v) is 5.17. The molecule has 16 heavy (non-hydrogen) atoms. The molecule has 2 N–H and O–H groups in total. The smallest absolute Gasteiger partial charge is 0.172 e. The molecule has 0 spiro atoms. The van der Waals surface area contributed by atoms with Gasteiger partial charge in [-0.05, 0) is 16.8 Å².